The number of fused-ring (bicyclic) bond motifs is 1. The van der Waals surface area contributed by atoms with Crippen molar-refractivity contribution < 1.29 is 14.2 Å². The summed E-state index contributed by atoms with van der Waals surface area (Å²) in [6.07, 6.45) is 3.10. The van der Waals surface area contributed by atoms with Crippen molar-refractivity contribution in [1.29, 1.82) is 0 Å². The molecule has 2 N–H and O–H groups in total. The Hall–Kier alpha value is -3.72. The number of aromatic hydroxyl groups is 1. The molecule has 1 fully saturated rings. The molecular weight excluding hydrogens is 413 g/mol. The lowest BCUT2D eigenvalue weighted by molar-refractivity contribution is 0.122. The number of hydrogen-bond donors (Lipinski definition) is 2. The molecule has 8 nitrogen and oxygen atoms in total. The number of H-pyrrole nitrogens is 1. The average Bonchev–Trinajstić information content (AvgIpc) is 3.25. The molecule has 9 heteroatoms. The van der Waals surface area contributed by atoms with Crippen molar-refractivity contribution in [3.8, 4) is 22.7 Å². The number of nitrogens with one attached hydrogen (secondary N) is 1. The number of morpholine rings is 1. The van der Waals surface area contributed by atoms with Crippen LogP contribution < -0.4 is 10.5 Å². The number of ether oxygens (including phenoxy) is 1. The minimum atomic E-state index is -0.587. The number of aromatic nitrogens is 4. The molecule has 164 valence electrons. The maximum Gasteiger partial charge on any atom is 0.267 e. The fraction of sp³-hybridized carbons (Fsp3) is 0.261. The summed E-state index contributed by atoms with van der Waals surface area (Å²) in [4.78, 5) is 27.5. The Morgan fingerprint density at radius 3 is 2.62 bits per heavy atom. The van der Waals surface area contributed by atoms with Gasteiger partial charge in [-0.25, -0.2) is 14.4 Å². The highest BCUT2D eigenvalue weighted by atomic mass is 19.1. The van der Waals surface area contributed by atoms with E-state index in [-0.39, 0.29) is 16.9 Å². The van der Waals surface area contributed by atoms with Crippen LogP contribution in [0.3, 0.4) is 0 Å². The highest BCUT2D eigenvalue weighted by Crippen LogP contribution is 2.29. The summed E-state index contributed by atoms with van der Waals surface area (Å²) in [7, 11) is 0. The highest BCUT2D eigenvalue weighted by molar-refractivity contribution is 5.82. The number of pyridine rings is 1. The number of aromatic amines is 1. The predicted octanol–water partition coefficient (Wildman–Crippen LogP) is 3.07. The molecule has 0 atom stereocenters. The van der Waals surface area contributed by atoms with E-state index in [1.807, 2.05) is 12.1 Å². The molecule has 1 saturated heterocycles. The molecule has 0 amide bonds. The first kappa shape index (κ1) is 20.2. The van der Waals surface area contributed by atoms with E-state index in [2.05, 4.69) is 19.9 Å². The van der Waals surface area contributed by atoms with Gasteiger partial charge in [0, 0.05) is 47.7 Å². The molecule has 1 aromatic carbocycles. The zero-order chi connectivity index (χ0) is 22.4. The number of rotatable bonds is 3. The maximum absolute atomic E-state index is 14.2. The van der Waals surface area contributed by atoms with Gasteiger partial charge in [0.1, 0.15) is 29.4 Å². The van der Waals surface area contributed by atoms with Gasteiger partial charge in [-0.05, 0) is 32.0 Å². The summed E-state index contributed by atoms with van der Waals surface area (Å²) in [5, 5.41) is 10.4. The van der Waals surface area contributed by atoms with Crippen LogP contribution in [0.25, 0.3) is 28.0 Å². The third-order valence-electron chi connectivity index (χ3n) is 5.90. The summed E-state index contributed by atoms with van der Waals surface area (Å²) in [5.74, 6) is 0.0816. The van der Waals surface area contributed by atoms with Crippen LogP contribution in [0.1, 0.15) is 11.1 Å². The number of phenols is 1. The lowest BCUT2D eigenvalue weighted by atomic mass is 10.1. The van der Waals surface area contributed by atoms with E-state index < -0.39 is 5.82 Å². The van der Waals surface area contributed by atoms with Gasteiger partial charge in [0.05, 0.1) is 24.3 Å². The molecule has 4 aromatic rings. The average molecular weight is 435 g/mol. The van der Waals surface area contributed by atoms with Crippen LogP contribution >= 0.6 is 0 Å². The lowest BCUT2D eigenvalue weighted by Crippen LogP contribution is -2.36. The van der Waals surface area contributed by atoms with Crippen molar-refractivity contribution in [2.75, 3.05) is 31.2 Å². The molecule has 5 rings (SSSR count). The number of phenolic OH excluding ortho intramolecular Hbond substituents is 1. The number of halogens is 1. The molecule has 1 aliphatic rings. The second-order valence-corrected chi connectivity index (χ2v) is 7.85. The normalized spacial score (nSPS) is 14.3. The third-order valence-corrected chi connectivity index (χ3v) is 5.90. The minimum Gasteiger partial charge on any atom is -0.507 e. The first-order valence-electron chi connectivity index (χ1n) is 10.3. The van der Waals surface area contributed by atoms with Gasteiger partial charge in [0.25, 0.3) is 5.56 Å². The number of benzene rings is 1. The molecule has 3 aromatic heterocycles. The molecular formula is C23H22FN5O3. The summed E-state index contributed by atoms with van der Waals surface area (Å²) in [6.45, 7) is 6.18. The second kappa shape index (κ2) is 7.76. The quantitative estimate of drug-likeness (QED) is 0.514. The Kier molecular flexibility index (Phi) is 4.90. The van der Waals surface area contributed by atoms with E-state index in [0.29, 0.717) is 41.2 Å². The summed E-state index contributed by atoms with van der Waals surface area (Å²) in [6, 6.07) is 6.66. The van der Waals surface area contributed by atoms with Crippen LogP contribution in [-0.2, 0) is 4.74 Å². The van der Waals surface area contributed by atoms with Crippen molar-refractivity contribution in [3.63, 3.8) is 0 Å². The van der Waals surface area contributed by atoms with Gasteiger partial charge in [-0.2, -0.15) is 0 Å². The van der Waals surface area contributed by atoms with E-state index >= 15 is 0 Å². The topological polar surface area (TPSA) is 96.3 Å². The third kappa shape index (κ3) is 3.31. The Morgan fingerprint density at radius 2 is 1.91 bits per heavy atom. The van der Waals surface area contributed by atoms with Crippen LogP contribution in [0.2, 0.25) is 0 Å². The molecule has 0 spiro atoms. The molecule has 0 aliphatic carbocycles. The zero-order valence-electron chi connectivity index (χ0n) is 17.7. The van der Waals surface area contributed by atoms with Crippen molar-refractivity contribution in [3.05, 3.63) is 64.1 Å². The number of hydrogen-bond acceptors (Lipinski definition) is 6. The first-order chi connectivity index (χ1) is 15.4. The SMILES string of the molecule is Cc1c(O)cc(F)c(C)c1-n1cnc2[nH]c(-c3ccc(N4CCOCC4)nc3)cc2c1=O. The molecule has 0 bridgehead atoms. The standard InChI is InChI=1S/C23H22FN5O3/c1-13-17(24)10-19(30)14(2)21(13)29-12-26-22-16(23(29)31)9-18(27-22)15-3-4-20(25-11-15)28-5-7-32-8-6-28/h3-4,9-12,27,30H,5-8H2,1-2H3. The number of nitrogens with zero attached hydrogens (tertiary/aromatic N) is 4. The van der Waals surface area contributed by atoms with Gasteiger partial charge in [0.2, 0.25) is 0 Å². The van der Waals surface area contributed by atoms with Crippen molar-refractivity contribution in [2.24, 2.45) is 0 Å². The van der Waals surface area contributed by atoms with Crippen molar-refractivity contribution in [2.45, 2.75) is 13.8 Å². The van der Waals surface area contributed by atoms with Crippen LogP contribution in [-0.4, -0.2) is 50.9 Å². The Bertz CT molecular complexity index is 1350. The summed E-state index contributed by atoms with van der Waals surface area (Å²) in [5.41, 5.74) is 2.57. The van der Waals surface area contributed by atoms with Crippen molar-refractivity contribution in [1.82, 2.24) is 19.5 Å². The number of anilines is 1. The van der Waals surface area contributed by atoms with Gasteiger partial charge in [-0.15, -0.1) is 0 Å². The fourth-order valence-corrected chi connectivity index (χ4v) is 4.06. The van der Waals surface area contributed by atoms with Gasteiger partial charge in [-0.3, -0.25) is 9.36 Å². The molecule has 0 radical (unpaired) electrons. The summed E-state index contributed by atoms with van der Waals surface area (Å²) >= 11 is 0. The van der Waals surface area contributed by atoms with Crippen LogP contribution in [0.4, 0.5) is 10.2 Å². The lowest BCUT2D eigenvalue weighted by Gasteiger charge is -2.27. The molecule has 4 heterocycles. The second-order valence-electron chi connectivity index (χ2n) is 7.85. The predicted molar refractivity (Wildman–Crippen MR) is 119 cm³/mol. The van der Waals surface area contributed by atoms with Gasteiger partial charge in [0.15, 0.2) is 0 Å². The summed E-state index contributed by atoms with van der Waals surface area (Å²) < 4.78 is 20.9. The van der Waals surface area contributed by atoms with E-state index in [9.17, 15) is 14.3 Å². The monoisotopic (exact) mass is 435 g/mol. The van der Waals surface area contributed by atoms with E-state index in [4.69, 9.17) is 4.74 Å². The van der Waals surface area contributed by atoms with E-state index in [1.54, 1.807) is 26.1 Å². The molecule has 1 aliphatic heterocycles. The minimum absolute atomic E-state index is 0.212. The maximum atomic E-state index is 14.2. The van der Waals surface area contributed by atoms with Crippen LogP contribution in [0, 0.1) is 19.7 Å². The Balaban J connectivity index is 1.55. The molecule has 0 unspecified atom stereocenters. The van der Waals surface area contributed by atoms with Crippen LogP contribution in [0.15, 0.2) is 41.6 Å². The van der Waals surface area contributed by atoms with Crippen molar-refractivity contribution >= 4 is 16.9 Å². The van der Waals surface area contributed by atoms with E-state index in [0.717, 1.165) is 30.5 Å². The zero-order valence-corrected chi connectivity index (χ0v) is 17.7. The van der Waals surface area contributed by atoms with Gasteiger partial charge >= 0.3 is 0 Å². The van der Waals surface area contributed by atoms with Gasteiger partial charge < -0.3 is 19.7 Å². The highest BCUT2D eigenvalue weighted by Gasteiger charge is 2.18. The Labute approximate surface area is 182 Å². The van der Waals surface area contributed by atoms with Crippen LogP contribution in [0.5, 0.6) is 5.75 Å². The Morgan fingerprint density at radius 1 is 1.12 bits per heavy atom. The largest absolute Gasteiger partial charge is 0.507 e. The first-order valence-corrected chi connectivity index (χ1v) is 10.3. The van der Waals surface area contributed by atoms with Gasteiger partial charge in [-0.1, -0.05) is 0 Å². The fourth-order valence-electron chi connectivity index (χ4n) is 4.06. The smallest absolute Gasteiger partial charge is 0.267 e. The molecule has 32 heavy (non-hydrogen) atoms. The van der Waals surface area contributed by atoms with E-state index in [1.165, 1.54) is 10.9 Å². The molecule has 0 saturated carbocycles.